The number of carbonyl (C=O) groups is 1. The van der Waals surface area contributed by atoms with Crippen molar-refractivity contribution in [2.75, 3.05) is 28.7 Å². The molecule has 1 aliphatic rings. The van der Waals surface area contributed by atoms with Crippen LogP contribution in [0.1, 0.15) is 50.0 Å². The fraction of sp³-hybridized carbons (Fsp3) is 0.237. The third-order valence-corrected chi connectivity index (χ3v) is 8.11. The molecule has 1 N–H and O–H groups in total. The van der Waals surface area contributed by atoms with Gasteiger partial charge in [-0.2, -0.15) is 0 Å². The Bertz CT molecular complexity index is 1790. The van der Waals surface area contributed by atoms with Gasteiger partial charge in [-0.25, -0.2) is 4.98 Å². The Balaban J connectivity index is 0.000000280. The average molecular weight is 647 g/mol. The molecule has 9 heteroatoms. The second kappa shape index (κ2) is 18.3. The van der Waals surface area contributed by atoms with E-state index in [9.17, 15) is 4.79 Å². The van der Waals surface area contributed by atoms with Crippen LogP contribution < -0.4 is 9.62 Å². The first-order valence-electron chi connectivity index (χ1n) is 15.8. The highest BCUT2D eigenvalue weighted by atomic mass is 32.2. The quantitative estimate of drug-likeness (QED) is 0.107. The van der Waals surface area contributed by atoms with Gasteiger partial charge in [-0.15, -0.1) is 0 Å². The number of nitrogens with one attached hydrogen (secondary N) is 1. The Hall–Kier alpha value is -4.86. The number of allylic oxidation sites excluding steroid dienone is 2. The molecule has 47 heavy (non-hydrogen) atoms. The summed E-state index contributed by atoms with van der Waals surface area (Å²) in [5.41, 5.74) is 9.27. The van der Waals surface area contributed by atoms with E-state index in [4.69, 9.17) is 9.72 Å². The van der Waals surface area contributed by atoms with Crippen molar-refractivity contribution in [3.8, 4) is 11.3 Å². The number of anilines is 2. The number of hydrogen-bond acceptors (Lipinski definition) is 8. The average Bonchev–Trinajstić information content (AvgIpc) is 3.14. The summed E-state index contributed by atoms with van der Waals surface area (Å²) >= 11 is 1.73. The van der Waals surface area contributed by atoms with Crippen LogP contribution in [0.3, 0.4) is 0 Å². The SMILES string of the molecule is C/C=C(/C)CC=Nc1ccncc1.CC.Cc1ccc(NC(=O)c2ccc(N3COCCS3)cc2)cc1-c1ccc2ncccc2n1. The maximum atomic E-state index is 12.8. The summed E-state index contributed by atoms with van der Waals surface area (Å²) in [6, 6.07) is 25.0. The zero-order valence-electron chi connectivity index (χ0n) is 27.7. The number of rotatable bonds is 7. The fourth-order valence-electron chi connectivity index (χ4n) is 4.45. The second-order valence-corrected chi connectivity index (χ2v) is 11.5. The van der Waals surface area contributed by atoms with Crippen LogP contribution >= 0.6 is 11.9 Å². The van der Waals surface area contributed by atoms with E-state index in [0.29, 0.717) is 12.3 Å². The Morgan fingerprint density at radius 2 is 1.79 bits per heavy atom. The van der Waals surface area contributed by atoms with E-state index in [-0.39, 0.29) is 5.91 Å². The van der Waals surface area contributed by atoms with Crippen LogP contribution in [0.4, 0.5) is 17.1 Å². The van der Waals surface area contributed by atoms with Crippen LogP contribution in [0, 0.1) is 6.92 Å². The summed E-state index contributed by atoms with van der Waals surface area (Å²) in [5, 5.41) is 3.01. The lowest BCUT2D eigenvalue weighted by Crippen LogP contribution is -2.25. The number of hydrogen-bond donors (Lipinski definition) is 1. The van der Waals surface area contributed by atoms with Crippen molar-refractivity contribution in [1.29, 1.82) is 0 Å². The monoisotopic (exact) mass is 646 g/mol. The zero-order chi connectivity index (χ0) is 33.4. The van der Waals surface area contributed by atoms with E-state index >= 15 is 0 Å². The van der Waals surface area contributed by atoms with Gasteiger partial charge in [0.1, 0.15) is 6.73 Å². The molecule has 1 fully saturated rings. The summed E-state index contributed by atoms with van der Waals surface area (Å²) in [6.45, 7) is 11.5. The van der Waals surface area contributed by atoms with Crippen LogP contribution in [0.25, 0.3) is 22.3 Å². The molecular formula is C38H42N6O2S. The summed E-state index contributed by atoms with van der Waals surface area (Å²) < 4.78 is 7.58. The smallest absolute Gasteiger partial charge is 0.255 e. The largest absolute Gasteiger partial charge is 0.359 e. The molecule has 8 nitrogen and oxygen atoms in total. The Morgan fingerprint density at radius 3 is 2.51 bits per heavy atom. The molecule has 0 aliphatic carbocycles. The maximum absolute atomic E-state index is 12.8. The summed E-state index contributed by atoms with van der Waals surface area (Å²) in [4.78, 5) is 30.1. The highest BCUT2D eigenvalue weighted by molar-refractivity contribution is 8.00. The molecule has 1 aliphatic heterocycles. The third kappa shape index (κ3) is 10.3. The van der Waals surface area contributed by atoms with Crippen molar-refractivity contribution in [3.05, 3.63) is 120 Å². The molecule has 0 spiro atoms. The van der Waals surface area contributed by atoms with Gasteiger partial charge in [0.05, 0.1) is 29.0 Å². The minimum atomic E-state index is -0.149. The van der Waals surface area contributed by atoms with E-state index < -0.39 is 0 Å². The number of fused-ring (bicyclic) bond motifs is 1. The minimum Gasteiger partial charge on any atom is -0.359 e. The van der Waals surface area contributed by atoms with Gasteiger partial charge in [-0.3, -0.25) is 24.1 Å². The van der Waals surface area contributed by atoms with E-state index in [0.717, 1.165) is 63.7 Å². The van der Waals surface area contributed by atoms with Crippen molar-refractivity contribution >= 4 is 52.2 Å². The number of nitrogens with zero attached hydrogens (tertiary/aromatic N) is 5. The number of ether oxygens (including phenoxy) is 1. The molecule has 6 rings (SSSR count). The molecule has 1 amide bonds. The lowest BCUT2D eigenvalue weighted by molar-refractivity contribution is 0.102. The van der Waals surface area contributed by atoms with E-state index in [1.807, 2.05) is 113 Å². The van der Waals surface area contributed by atoms with Gasteiger partial charge < -0.3 is 10.1 Å². The van der Waals surface area contributed by atoms with E-state index in [1.165, 1.54) is 5.57 Å². The molecule has 0 atom stereocenters. The standard InChI is InChI=1S/C25H22N4O2S.C11H14N2.C2H6/c1-17-4-7-19(15-21(17)22-10-11-23-24(28-22)3-2-12-26-23)27-25(30)18-5-8-20(9-6-18)29-16-31-13-14-32-29;1-3-10(2)4-9-13-11-5-7-12-8-6-11;1-2/h2-12,15H,13-14,16H2,1H3,(H,27,30);3,5-9H,4H2,1-2H3;1-2H3/b;10-3-,13-9?;. The molecule has 0 bridgehead atoms. The van der Waals surface area contributed by atoms with Gasteiger partial charge in [0.15, 0.2) is 0 Å². The van der Waals surface area contributed by atoms with E-state index in [2.05, 4.69) is 37.6 Å². The molecule has 0 radical (unpaired) electrons. The van der Waals surface area contributed by atoms with Crippen molar-refractivity contribution in [2.24, 2.45) is 4.99 Å². The van der Waals surface area contributed by atoms with E-state index in [1.54, 1.807) is 30.5 Å². The molecular weight excluding hydrogens is 605 g/mol. The Kier molecular flexibility index (Phi) is 13.6. The lowest BCUT2D eigenvalue weighted by atomic mass is 10.0. The van der Waals surface area contributed by atoms with Crippen molar-refractivity contribution in [2.45, 2.75) is 41.0 Å². The number of carbonyl (C=O) groups excluding carboxylic acids is 1. The van der Waals surface area contributed by atoms with Gasteiger partial charge in [0.25, 0.3) is 5.91 Å². The fourth-order valence-corrected chi connectivity index (χ4v) is 5.28. The maximum Gasteiger partial charge on any atom is 0.255 e. The van der Waals surface area contributed by atoms with Gasteiger partial charge in [-0.05, 0) is 111 Å². The van der Waals surface area contributed by atoms with Crippen molar-refractivity contribution in [1.82, 2.24) is 15.0 Å². The van der Waals surface area contributed by atoms with Gasteiger partial charge in [0.2, 0.25) is 0 Å². The highest BCUT2D eigenvalue weighted by Gasteiger charge is 2.14. The first-order chi connectivity index (χ1) is 23.0. The summed E-state index contributed by atoms with van der Waals surface area (Å²) in [6.07, 6.45) is 10.2. The van der Waals surface area contributed by atoms with Gasteiger partial charge >= 0.3 is 0 Å². The molecule has 242 valence electrons. The Labute approximate surface area is 282 Å². The van der Waals surface area contributed by atoms with Crippen molar-refractivity contribution < 1.29 is 9.53 Å². The van der Waals surface area contributed by atoms with Crippen LogP contribution in [-0.4, -0.2) is 46.2 Å². The number of benzene rings is 2. The molecule has 5 aromatic rings. The number of aliphatic imine (C=N–C) groups is 1. The molecule has 2 aromatic carbocycles. The summed E-state index contributed by atoms with van der Waals surface area (Å²) in [5.74, 6) is 0.783. The molecule has 1 saturated heterocycles. The predicted molar refractivity (Wildman–Crippen MR) is 198 cm³/mol. The number of amides is 1. The third-order valence-electron chi connectivity index (χ3n) is 7.14. The normalized spacial score (nSPS) is 13.0. The molecule has 4 heterocycles. The number of aromatic nitrogens is 3. The van der Waals surface area contributed by atoms with Gasteiger partial charge in [-0.1, -0.05) is 31.6 Å². The minimum absolute atomic E-state index is 0.149. The Morgan fingerprint density at radius 1 is 1.00 bits per heavy atom. The number of aryl methyl sites for hydroxylation is 1. The highest BCUT2D eigenvalue weighted by Crippen LogP contribution is 2.28. The van der Waals surface area contributed by atoms with Crippen molar-refractivity contribution in [3.63, 3.8) is 0 Å². The first-order valence-corrected chi connectivity index (χ1v) is 16.7. The van der Waals surface area contributed by atoms with Gasteiger partial charge in [0, 0.05) is 59.5 Å². The second-order valence-electron chi connectivity index (χ2n) is 10.4. The van der Waals surface area contributed by atoms with Crippen LogP contribution in [-0.2, 0) is 4.74 Å². The topological polar surface area (TPSA) is 92.6 Å². The number of pyridine rings is 3. The summed E-state index contributed by atoms with van der Waals surface area (Å²) in [7, 11) is 0. The zero-order valence-corrected chi connectivity index (χ0v) is 28.5. The van der Waals surface area contributed by atoms with Crippen LogP contribution in [0.15, 0.2) is 114 Å². The lowest BCUT2D eigenvalue weighted by Gasteiger charge is -2.27. The molecule has 0 unspecified atom stereocenters. The first kappa shape index (κ1) is 35.0. The molecule has 3 aromatic heterocycles. The predicted octanol–water partition coefficient (Wildman–Crippen LogP) is 9.47. The van der Waals surface area contributed by atoms with Crippen LogP contribution in [0.5, 0.6) is 0 Å². The molecule has 0 saturated carbocycles. The van der Waals surface area contributed by atoms with Crippen LogP contribution in [0.2, 0.25) is 0 Å².